The van der Waals surface area contributed by atoms with Crippen molar-refractivity contribution >= 4 is 0 Å². The first-order valence-electron chi connectivity index (χ1n) is 6.86. The fourth-order valence-corrected chi connectivity index (χ4v) is 2.38. The average Bonchev–Trinajstić information content (AvgIpc) is 2.35. The summed E-state index contributed by atoms with van der Waals surface area (Å²) in [6.45, 7) is 10.2. The van der Waals surface area contributed by atoms with Crippen LogP contribution in [-0.2, 0) is 9.47 Å². The summed E-state index contributed by atoms with van der Waals surface area (Å²) in [5.74, 6) is 0.733. The molecular formula is C13H28N2O2. The van der Waals surface area contributed by atoms with E-state index >= 15 is 0 Å². The van der Waals surface area contributed by atoms with Gasteiger partial charge in [0.25, 0.3) is 0 Å². The maximum absolute atomic E-state index is 5.28. The fourth-order valence-electron chi connectivity index (χ4n) is 2.38. The minimum absolute atomic E-state index is 0.733. The molecular weight excluding hydrogens is 216 g/mol. The third kappa shape index (κ3) is 6.99. The summed E-state index contributed by atoms with van der Waals surface area (Å²) in [7, 11) is 1.80. The molecule has 17 heavy (non-hydrogen) atoms. The van der Waals surface area contributed by atoms with Gasteiger partial charge in [0, 0.05) is 39.9 Å². The highest BCUT2D eigenvalue weighted by atomic mass is 16.5. The molecule has 1 heterocycles. The van der Waals surface area contributed by atoms with Crippen molar-refractivity contribution in [1.82, 2.24) is 10.2 Å². The Hall–Kier alpha value is -0.160. The van der Waals surface area contributed by atoms with E-state index in [1.165, 1.54) is 25.9 Å². The molecule has 4 nitrogen and oxygen atoms in total. The average molecular weight is 244 g/mol. The highest BCUT2D eigenvalue weighted by Crippen LogP contribution is 2.15. The zero-order valence-corrected chi connectivity index (χ0v) is 11.4. The van der Waals surface area contributed by atoms with Gasteiger partial charge in [-0.1, -0.05) is 0 Å². The van der Waals surface area contributed by atoms with Crippen LogP contribution < -0.4 is 5.32 Å². The monoisotopic (exact) mass is 244 g/mol. The number of piperidine rings is 1. The minimum atomic E-state index is 0.733. The Morgan fingerprint density at radius 2 is 2.24 bits per heavy atom. The van der Waals surface area contributed by atoms with Gasteiger partial charge in [-0.05, 0) is 32.2 Å². The molecule has 1 N–H and O–H groups in total. The van der Waals surface area contributed by atoms with Crippen LogP contribution in [-0.4, -0.2) is 64.6 Å². The van der Waals surface area contributed by atoms with Gasteiger partial charge in [0.05, 0.1) is 13.2 Å². The van der Waals surface area contributed by atoms with Gasteiger partial charge in [-0.2, -0.15) is 0 Å². The Bertz CT molecular complexity index is 177. The van der Waals surface area contributed by atoms with E-state index in [0.717, 1.165) is 45.4 Å². The van der Waals surface area contributed by atoms with Crippen LogP contribution in [0.3, 0.4) is 0 Å². The lowest BCUT2D eigenvalue weighted by atomic mass is 9.99. The first kappa shape index (κ1) is 14.9. The van der Waals surface area contributed by atoms with E-state index in [-0.39, 0.29) is 0 Å². The molecule has 1 saturated heterocycles. The molecule has 1 fully saturated rings. The lowest BCUT2D eigenvalue weighted by Gasteiger charge is -2.32. The standard InChI is InChI=1S/C13H28N2O2/c1-3-17-10-7-14-6-9-15-8-4-5-13(11-15)12-16-2/h13-14H,3-12H2,1-2H3. The van der Waals surface area contributed by atoms with Gasteiger partial charge in [0.1, 0.15) is 0 Å². The fraction of sp³-hybridized carbons (Fsp3) is 1.00. The van der Waals surface area contributed by atoms with Crippen LogP contribution in [0.15, 0.2) is 0 Å². The zero-order chi connectivity index (χ0) is 12.3. The number of ether oxygens (including phenoxy) is 2. The second kappa shape index (κ2) is 9.83. The van der Waals surface area contributed by atoms with Crippen LogP contribution >= 0.6 is 0 Å². The van der Waals surface area contributed by atoms with E-state index in [4.69, 9.17) is 9.47 Å². The normalized spacial score (nSPS) is 21.9. The molecule has 0 radical (unpaired) electrons. The van der Waals surface area contributed by atoms with Crippen molar-refractivity contribution in [2.75, 3.05) is 59.7 Å². The second-order valence-corrected chi connectivity index (χ2v) is 4.71. The summed E-state index contributed by atoms with van der Waals surface area (Å²) in [6, 6.07) is 0. The quantitative estimate of drug-likeness (QED) is 0.613. The summed E-state index contributed by atoms with van der Waals surface area (Å²) in [5.41, 5.74) is 0. The third-order valence-corrected chi connectivity index (χ3v) is 3.24. The predicted molar refractivity (Wildman–Crippen MR) is 70.4 cm³/mol. The van der Waals surface area contributed by atoms with Crippen molar-refractivity contribution in [3.8, 4) is 0 Å². The van der Waals surface area contributed by atoms with Crippen LogP contribution in [0.5, 0.6) is 0 Å². The molecule has 0 aromatic rings. The highest BCUT2D eigenvalue weighted by Gasteiger charge is 2.18. The molecule has 0 aromatic heterocycles. The SMILES string of the molecule is CCOCCNCCN1CCCC(COC)C1. The lowest BCUT2D eigenvalue weighted by molar-refractivity contribution is 0.0904. The molecule has 1 atom stereocenters. The number of hydrogen-bond donors (Lipinski definition) is 1. The molecule has 1 aliphatic rings. The Balaban J connectivity index is 1.98. The van der Waals surface area contributed by atoms with Crippen molar-refractivity contribution in [3.63, 3.8) is 0 Å². The van der Waals surface area contributed by atoms with Gasteiger partial charge in [-0.3, -0.25) is 0 Å². The molecule has 4 heteroatoms. The first-order chi connectivity index (χ1) is 8.36. The summed E-state index contributed by atoms with van der Waals surface area (Å²) in [6.07, 6.45) is 2.63. The van der Waals surface area contributed by atoms with Crippen LogP contribution in [0, 0.1) is 5.92 Å². The first-order valence-corrected chi connectivity index (χ1v) is 6.86. The molecule has 0 aliphatic carbocycles. The largest absolute Gasteiger partial charge is 0.384 e. The molecule has 0 spiro atoms. The molecule has 0 saturated carbocycles. The van der Waals surface area contributed by atoms with Crippen molar-refractivity contribution in [2.24, 2.45) is 5.92 Å². The predicted octanol–water partition coefficient (Wildman–Crippen LogP) is 0.971. The van der Waals surface area contributed by atoms with Gasteiger partial charge in [-0.15, -0.1) is 0 Å². The van der Waals surface area contributed by atoms with E-state index in [9.17, 15) is 0 Å². The summed E-state index contributed by atoms with van der Waals surface area (Å²) in [5, 5.41) is 3.42. The van der Waals surface area contributed by atoms with E-state index in [0.29, 0.717) is 0 Å². The molecule has 0 amide bonds. The van der Waals surface area contributed by atoms with Crippen LogP contribution in [0.2, 0.25) is 0 Å². The molecule has 1 unspecified atom stereocenters. The summed E-state index contributed by atoms with van der Waals surface area (Å²) >= 11 is 0. The van der Waals surface area contributed by atoms with Crippen molar-refractivity contribution < 1.29 is 9.47 Å². The lowest BCUT2D eigenvalue weighted by Crippen LogP contribution is -2.41. The van der Waals surface area contributed by atoms with E-state index in [2.05, 4.69) is 10.2 Å². The van der Waals surface area contributed by atoms with Gasteiger partial charge in [-0.25, -0.2) is 0 Å². The van der Waals surface area contributed by atoms with Gasteiger partial charge < -0.3 is 19.7 Å². The van der Waals surface area contributed by atoms with Crippen LogP contribution in [0.4, 0.5) is 0 Å². The number of rotatable bonds is 9. The molecule has 0 aromatic carbocycles. The van der Waals surface area contributed by atoms with E-state index < -0.39 is 0 Å². The number of methoxy groups -OCH3 is 1. The van der Waals surface area contributed by atoms with Gasteiger partial charge in [0.2, 0.25) is 0 Å². The Labute approximate surface area is 106 Å². The second-order valence-electron chi connectivity index (χ2n) is 4.71. The van der Waals surface area contributed by atoms with Crippen LogP contribution in [0.1, 0.15) is 19.8 Å². The van der Waals surface area contributed by atoms with Gasteiger partial charge in [0.15, 0.2) is 0 Å². The van der Waals surface area contributed by atoms with E-state index in [1.54, 1.807) is 7.11 Å². The molecule has 1 aliphatic heterocycles. The van der Waals surface area contributed by atoms with E-state index in [1.807, 2.05) is 6.92 Å². The maximum Gasteiger partial charge on any atom is 0.0590 e. The Morgan fingerprint density at radius 3 is 3.00 bits per heavy atom. The number of nitrogens with one attached hydrogen (secondary N) is 1. The smallest absolute Gasteiger partial charge is 0.0590 e. The summed E-state index contributed by atoms with van der Waals surface area (Å²) in [4.78, 5) is 2.54. The van der Waals surface area contributed by atoms with Crippen molar-refractivity contribution in [1.29, 1.82) is 0 Å². The molecule has 102 valence electrons. The number of nitrogens with zero attached hydrogens (tertiary/aromatic N) is 1. The van der Waals surface area contributed by atoms with Gasteiger partial charge >= 0.3 is 0 Å². The zero-order valence-electron chi connectivity index (χ0n) is 11.4. The maximum atomic E-state index is 5.28. The number of hydrogen-bond acceptors (Lipinski definition) is 4. The van der Waals surface area contributed by atoms with Crippen molar-refractivity contribution in [2.45, 2.75) is 19.8 Å². The topological polar surface area (TPSA) is 33.7 Å². The number of likely N-dealkylation sites (tertiary alicyclic amines) is 1. The van der Waals surface area contributed by atoms with Crippen molar-refractivity contribution in [3.05, 3.63) is 0 Å². The minimum Gasteiger partial charge on any atom is -0.384 e. The third-order valence-electron chi connectivity index (χ3n) is 3.24. The highest BCUT2D eigenvalue weighted by molar-refractivity contribution is 4.73. The Morgan fingerprint density at radius 1 is 1.35 bits per heavy atom. The summed E-state index contributed by atoms with van der Waals surface area (Å²) < 4.78 is 10.5. The molecule has 0 bridgehead atoms. The Kier molecular flexibility index (Phi) is 8.61. The van der Waals surface area contributed by atoms with Crippen LogP contribution in [0.25, 0.3) is 0 Å². The molecule has 1 rings (SSSR count).